The van der Waals surface area contributed by atoms with Crippen molar-refractivity contribution in [3.05, 3.63) is 54.1 Å². The molecule has 0 aliphatic carbocycles. The number of urea groups is 1. The molecule has 1 aromatic heterocycles. The Hall–Kier alpha value is -2.38. The van der Waals surface area contributed by atoms with Crippen LogP contribution in [0.3, 0.4) is 0 Å². The standard InChI is InChI=1S/C21H30N6O/c28-21(24-16-20-22-8-9-23-20)27-10-6-19(7-11-27)26-14-12-25(13-15-26)17-18-4-2-1-3-5-18/h1-5,8-9,19H,6-7,10-17H2,(H,22,23)(H,24,28). The number of nitrogens with one attached hydrogen (secondary N) is 2. The number of piperidine rings is 1. The van der Waals surface area contributed by atoms with Gasteiger partial charge in [0.15, 0.2) is 0 Å². The number of nitrogens with zero attached hydrogens (tertiary/aromatic N) is 4. The number of piperazine rings is 1. The number of aromatic amines is 1. The Morgan fingerprint density at radius 1 is 1.07 bits per heavy atom. The average molecular weight is 383 g/mol. The summed E-state index contributed by atoms with van der Waals surface area (Å²) in [5.74, 6) is 0.789. The Labute approximate surface area is 166 Å². The van der Waals surface area contributed by atoms with E-state index in [1.54, 1.807) is 12.4 Å². The van der Waals surface area contributed by atoms with E-state index in [1.807, 2.05) is 4.90 Å². The molecule has 7 heteroatoms. The van der Waals surface area contributed by atoms with Crippen LogP contribution in [0.25, 0.3) is 0 Å². The van der Waals surface area contributed by atoms with Crippen molar-refractivity contribution in [1.29, 1.82) is 0 Å². The molecular formula is C21H30N6O. The summed E-state index contributed by atoms with van der Waals surface area (Å²) < 4.78 is 0. The first-order chi connectivity index (χ1) is 13.8. The number of rotatable bonds is 5. The van der Waals surface area contributed by atoms with Gasteiger partial charge in [-0.1, -0.05) is 30.3 Å². The van der Waals surface area contributed by atoms with E-state index in [0.717, 1.165) is 64.5 Å². The molecule has 0 radical (unpaired) electrons. The molecule has 3 heterocycles. The third kappa shape index (κ3) is 4.91. The SMILES string of the molecule is O=C(NCc1ncc[nH]1)N1CCC(N2CCN(Cc3ccccc3)CC2)CC1. The van der Waals surface area contributed by atoms with E-state index < -0.39 is 0 Å². The second-order valence-corrected chi connectivity index (χ2v) is 7.71. The second kappa shape index (κ2) is 9.21. The molecule has 2 aliphatic rings. The zero-order chi connectivity index (χ0) is 19.2. The molecule has 0 atom stereocenters. The Bertz CT molecular complexity index is 719. The van der Waals surface area contributed by atoms with Crippen molar-refractivity contribution in [3.63, 3.8) is 0 Å². The van der Waals surface area contributed by atoms with Gasteiger partial charge in [-0.15, -0.1) is 0 Å². The third-order valence-corrected chi connectivity index (χ3v) is 5.89. The Morgan fingerprint density at radius 3 is 2.50 bits per heavy atom. The highest BCUT2D eigenvalue weighted by atomic mass is 16.2. The largest absolute Gasteiger partial charge is 0.347 e. The molecule has 2 saturated heterocycles. The number of aromatic nitrogens is 2. The van der Waals surface area contributed by atoms with Crippen LogP contribution < -0.4 is 5.32 Å². The van der Waals surface area contributed by atoms with E-state index in [1.165, 1.54) is 5.56 Å². The lowest BCUT2D eigenvalue weighted by Crippen LogP contribution is -2.54. The fourth-order valence-corrected chi connectivity index (χ4v) is 4.23. The summed E-state index contributed by atoms with van der Waals surface area (Å²) in [5.41, 5.74) is 1.39. The summed E-state index contributed by atoms with van der Waals surface area (Å²) in [4.78, 5) is 26.6. The molecule has 0 spiro atoms. The first-order valence-electron chi connectivity index (χ1n) is 10.3. The minimum absolute atomic E-state index is 0.0162. The predicted octanol–water partition coefficient (Wildman–Crippen LogP) is 1.90. The van der Waals surface area contributed by atoms with Gasteiger partial charge in [0.2, 0.25) is 0 Å². The Balaban J connectivity index is 1.17. The van der Waals surface area contributed by atoms with Crippen molar-refractivity contribution in [2.45, 2.75) is 32.0 Å². The van der Waals surface area contributed by atoms with Crippen LogP contribution in [0.15, 0.2) is 42.7 Å². The Morgan fingerprint density at radius 2 is 1.82 bits per heavy atom. The molecule has 1 aromatic carbocycles. The topological polar surface area (TPSA) is 67.5 Å². The van der Waals surface area contributed by atoms with Crippen LogP contribution in [0.2, 0.25) is 0 Å². The normalized spacial score (nSPS) is 19.6. The van der Waals surface area contributed by atoms with Gasteiger partial charge in [-0.2, -0.15) is 0 Å². The summed E-state index contributed by atoms with van der Waals surface area (Å²) in [6.45, 7) is 7.66. The number of likely N-dealkylation sites (tertiary alicyclic amines) is 1. The molecule has 28 heavy (non-hydrogen) atoms. The van der Waals surface area contributed by atoms with Crippen LogP contribution >= 0.6 is 0 Å². The van der Waals surface area contributed by atoms with Crippen molar-refractivity contribution in [2.24, 2.45) is 0 Å². The zero-order valence-corrected chi connectivity index (χ0v) is 16.4. The van der Waals surface area contributed by atoms with Crippen LogP contribution in [0.1, 0.15) is 24.2 Å². The molecule has 0 unspecified atom stereocenters. The third-order valence-electron chi connectivity index (χ3n) is 5.89. The summed E-state index contributed by atoms with van der Waals surface area (Å²) in [6.07, 6.45) is 5.60. The number of carbonyl (C=O) groups is 1. The highest BCUT2D eigenvalue weighted by Gasteiger charge is 2.29. The Kier molecular flexibility index (Phi) is 6.24. The van der Waals surface area contributed by atoms with E-state index in [0.29, 0.717) is 12.6 Å². The quantitative estimate of drug-likeness (QED) is 0.829. The van der Waals surface area contributed by atoms with Gasteiger partial charge >= 0.3 is 6.03 Å². The lowest BCUT2D eigenvalue weighted by atomic mass is 10.0. The summed E-state index contributed by atoms with van der Waals surface area (Å²) in [6, 6.07) is 11.3. The van der Waals surface area contributed by atoms with E-state index in [2.05, 4.69) is 55.4 Å². The first-order valence-corrected chi connectivity index (χ1v) is 10.3. The first kappa shape index (κ1) is 19.0. The van der Waals surface area contributed by atoms with Crippen LogP contribution in [0.5, 0.6) is 0 Å². The lowest BCUT2D eigenvalue weighted by molar-refractivity contribution is 0.0626. The van der Waals surface area contributed by atoms with Crippen LogP contribution in [0.4, 0.5) is 4.79 Å². The van der Waals surface area contributed by atoms with Gasteiger partial charge in [-0.3, -0.25) is 9.80 Å². The molecule has 2 fully saturated rings. The van der Waals surface area contributed by atoms with E-state index in [9.17, 15) is 4.79 Å². The van der Waals surface area contributed by atoms with Gasteiger partial charge in [0, 0.05) is 64.2 Å². The minimum Gasteiger partial charge on any atom is -0.347 e. The van der Waals surface area contributed by atoms with E-state index >= 15 is 0 Å². The van der Waals surface area contributed by atoms with E-state index in [4.69, 9.17) is 0 Å². The molecule has 4 rings (SSSR count). The molecule has 150 valence electrons. The molecule has 7 nitrogen and oxygen atoms in total. The van der Waals surface area contributed by atoms with Crippen molar-refractivity contribution in [3.8, 4) is 0 Å². The van der Waals surface area contributed by atoms with Gasteiger partial charge < -0.3 is 15.2 Å². The number of hydrogen-bond acceptors (Lipinski definition) is 4. The molecule has 2 amide bonds. The van der Waals surface area contributed by atoms with Gasteiger partial charge in [0.05, 0.1) is 6.54 Å². The maximum atomic E-state index is 12.3. The molecule has 2 aliphatic heterocycles. The average Bonchev–Trinajstić information content (AvgIpc) is 3.27. The maximum absolute atomic E-state index is 12.3. The number of imidazole rings is 1. The van der Waals surface area contributed by atoms with Gasteiger partial charge in [-0.05, 0) is 18.4 Å². The van der Waals surface area contributed by atoms with Crippen molar-refractivity contribution < 1.29 is 4.79 Å². The van der Waals surface area contributed by atoms with Crippen molar-refractivity contribution in [1.82, 2.24) is 30.0 Å². The molecule has 2 aromatic rings. The number of benzene rings is 1. The molecule has 0 saturated carbocycles. The number of carbonyl (C=O) groups excluding carboxylic acids is 1. The van der Waals surface area contributed by atoms with Crippen LogP contribution in [0, 0.1) is 0 Å². The fourth-order valence-electron chi connectivity index (χ4n) is 4.23. The van der Waals surface area contributed by atoms with Gasteiger partial charge in [0.1, 0.15) is 5.82 Å². The highest BCUT2D eigenvalue weighted by molar-refractivity contribution is 5.74. The summed E-state index contributed by atoms with van der Waals surface area (Å²) >= 11 is 0. The monoisotopic (exact) mass is 382 g/mol. The van der Waals surface area contributed by atoms with Crippen LogP contribution in [-0.2, 0) is 13.1 Å². The van der Waals surface area contributed by atoms with Gasteiger partial charge in [0.25, 0.3) is 0 Å². The second-order valence-electron chi connectivity index (χ2n) is 7.71. The van der Waals surface area contributed by atoms with Crippen molar-refractivity contribution >= 4 is 6.03 Å². The summed E-state index contributed by atoms with van der Waals surface area (Å²) in [7, 11) is 0. The number of H-pyrrole nitrogens is 1. The maximum Gasteiger partial charge on any atom is 0.317 e. The summed E-state index contributed by atoms with van der Waals surface area (Å²) in [5, 5.41) is 2.95. The number of hydrogen-bond donors (Lipinski definition) is 2. The highest BCUT2D eigenvalue weighted by Crippen LogP contribution is 2.19. The molecule has 0 bridgehead atoms. The fraction of sp³-hybridized carbons (Fsp3) is 0.524. The molecule has 2 N–H and O–H groups in total. The predicted molar refractivity (Wildman–Crippen MR) is 109 cm³/mol. The minimum atomic E-state index is 0.0162. The lowest BCUT2D eigenvalue weighted by Gasteiger charge is -2.42. The van der Waals surface area contributed by atoms with Crippen molar-refractivity contribution in [2.75, 3.05) is 39.3 Å². The van der Waals surface area contributed by atoms with E-state index in [-0.39, 0.29) is 6.03 Å². The smallest absolute Gasteiger partial charge is 0.317 e. The van der Waals surface area contributed by atoms with Crippen LogP contribution in [-0.4, -0.2) is 76.0 Å². The van der Waals surface area contributed by atoms with Gasteiger partial charge in [-0.25, -0.2) is 9.78 Å². The number of amides is 2. The zero-order valence-electron chi connectivity index (χ0n) is 16.4. The molecular weight excluding hydrogens is 352 g/mol.